The maximum absolute atomic E-state index is 12.1. The molecule has 24 heavy (non-hydrogen) atoms. The van der Waals surface area contributed by atoms with Crippen LogP contribution in [0.15, 0.2) is 48.5 Å². The number of phenolic OH excluding ortho intramolecular Hbond substituents is 1. The van der Waals surface area contributed by atoms with Crippen LogP contribution in [0.1, 0.15) is 24.1 Å². The first-order valence-corrected chi connectivity index (χ1v) is 7.54. The van der Waals surface area contributed by atoms with Gasteiger partial charge in [0.05, 0.1) is 11.6 Å². The number of hydrogen-bond donors (Lipinski definition) is 4. The summed E-state index contributed by atoms with van der Waals surface area (Å²) in [5.74, 6) is 0.392. The number of fused-ring (bicyclic) bond motifs is 1. The van der Waals surface area contributed by atoms with E-state index in [9.17, 15) is 9.90 Å². The summed E-state index contributed by atoms with van der Waals surface area (Å²) < 4.78 is 0. The fourth-order valence-electron chi connectivity index (χ4n) is 2.47. The number of nitrogen functional groups attached to an aromatic ring is 1. The van der Waals surface area contributed by atoms with Crippen LogP contribution in [0.4, 0.5) is 5.82 Å². The minimum absolute atomic E-state index is 0.176. The maximum Gasteiger partial charge on any atom is 0.244 e. The Morgan fingerprint density at radius 3 is 2.96 bits per heavy atom. The molecule has 6 nitrogen and oxygen atoms in total. The molecule has 0 fully saturated rings. The molecule has 5 N–H and O–H groups in total. The summed E-state index contributed by atoms with van der Waals surface area (Å²) in [5, 5.41) is 19.9. The Morgan fingerprint density at radius 2 is 2.17 bits per heavy atom. The second-order valence-electron chi connectivity index (χ2n) is 5.57. The molecule has 0 radical (unpaired) electrons. The zero-order valence-electron chi connectivity index (χ0n) is 13.2. The van der Waals surface area contributed by atoms with Gasteiger partial charge >= 0.3 is 0 Å². The molecule has 3 aromatic rings. The highest BCUT2D eigenvalue weighted by Crippen LogP contribution is 2.20. The van der Waals surface area contributed by atoms with Crippen LogP contribution in [0, 0.1) is 0 Å². The number of rotatable bonds is 4. The molecule has 0 unspecified atom stereocenters. The van der Waals surface area contributed by atoms with E-state index in [1.165, 1.54) is 6.08 Å². The number of benzene rings is 2. The zero-order chi connectivity index (χ0) is 17.1. The Balaban J connectivity index is 1.68. The number of aromatic nitrogens is 2. The number of carbonyl (C=O) groups is 1. The fraction of sp³-hybridized carbons (Fsp3) is 0.111. The van der Waals surface area contributed by atoms with Gasteiger partial charge in [-0.1, -0.05) is 18.2 Å². The van der Waals surface area contributed by atoms with Crippen molar-refractivity contribution < 1.29 is 9.90 Å². The molecule has 1 aromatic heterocycles. The zero-order valence-corrected chi connectivity index (χ0v) is 13.2. The van der Waals surface area contributed by atoms with Crippen molar-refractivity contribution in [2.24, 2.45) is 0 Å². The molecule has 1 heterocycles. The molecule has 1 atom stereocenters. The van der Waals surface area contributed by atoms with Crippen LogP contribution in [0.25, 0.3) is 17.0 Å². The number of anilines is 1. The van der Waals surface area contributed by atoms with Crippen LogP contribution >= 0.6 is 0 Å². The van der Waals surface area contributed by atoms with Gasteiger partial charge in [0, 0.05) is 11.5 Å². The van der Waals surface area contributed by atoms with Crippen molar-refractivity contribution in [1.29, 1.82) is 0 Å². The van der Waals surface area contributed by atoms with Gasteiger partial charge in [-0.25, -0.2) is 0 Å². The van der Waals surface area contributed by atoms with Crippen molar-refractivity contribution in [2.75, 3.05) is 5.73 Å². The quantitative estimate of drug-likeness (QED) is 0.554. The number of phenols is 1. The first-order valence-electron chi connectivity index (χ1n) is 7.54. The average molecular weight is 322 g/mol. The van der Waals surface area contributed by atoms with Gasteiger partial charge in [-0.05, 0) is 48.4 Å². The third-order valence-electron chi connectivity index (χ3n) is 3.77. The summed E-state index contributed by atoms with van der Waals surface area (Å²) in [4.78, 5) is 12.1. The van der Waals surface area contributed by atoms with Crippen LogP contribution in [-0.4, -0.2) is 21.2 Å². The lowest BCUT2D eigenvalue weighted by Gasteiger charge is -2.13. The molecular weight excluding hydrogens is 304 g/mol. The molecule has 0 aliphatic heterocycles. The predicted molar refractivity (Wildman–Crippen MR) is 94.2 cm³/mol. The van der Waals surface area contributed by atoms with E-state index in [0.29, 0.717) is 5.82 Å². The third-order valence-corrected chi connectivity index (χ3v) is 3.77. The monoisotopic (exact) mass is 322 g/mol. The van der Waals surface area contributed by atoms with E-state index in [0.717, 1.165) is 22.0 Å². The highest BCUT2D eigenvalue weighted by Gasteiger charge is 2.08. The Labute approximate surface area is 139 Å². The van der Waals surface area contributed by atoms with Gasteiger partial charge in [0.15, 0.2) is 5.82 Å². The number of amides is 1. The van der Waals surface area contributed by atoms with E-state index >= 15 is 0 Å². The van der Waals surface area contributed by atoms with Crippen molar-refractivity contribution in [3.05, 3.63) is 59.7 Å². The first kappa shape index (κ1) is 15.6. The Morgan fingerprint density at radius 1 is 1.33 bits per heavy atom. The van der Waals surface area contributed by atoms with Crippen LogP contribution < -0.4 is 11.1 Å². The summed E-state index contributed by atoms with van der Waals surface area (Å²) in [7, 11) is 0. The predicted octanol–water partition coefficient (Wildman–Crippen LogP) is 2.74. The van der Waals surface area contributed by atoms with E-state index in [-0.39, 0.29) is 17.7 Å². The lowest BCUT2D eigenvalue weighted by molar-refractivity contribution is -0.117. The average Bonchev–Trinajstić information content (AvgIpc) is 2.94. The number of carbonyl (C=O) groups excluding carboxylic acids is 1. The number of H-pyrrole nitrogens is 1. The third kappa shape index (κ3) is 3.38. The second kappa shape index (κ2) is 6.45. The highest BCUT2D eigenvalue weighted by atomic mass is 16.3. The van der Waals surface area contributed by atoms with Gasteiger partial charge in [-0.3, -0.25) is 9.89 Å². The molecule has 0 spiro atoms. The van der Waals surface area contributed by atoms with Crippen molar-refractivity contribution in [3.63, 3.8) is 0 Å². The fourth-order valence-corrected chi connectivity index (χ4v) is 2.47. The topological polar surface area (TPSA) is 104 Å². The summed E-state index contributed by atoms with van der Waals surface area (Å²) in [6.07, 6.45) is 3.19. The summed E-state index contributed by atoms with van der Waals surface area (Å²) in [6, 6.07) is 12.2. The van der Waals surface area contributed by atoms with E-state index < -0.39 is 0 Å². The molecule has 1 amide bonds. The van der Waals surface area contributed by atoms with E-state index in [1.54, 1.807) is 24.3 Å². The molecule has 6 heteroatoms. The minimum Gasteiger partial charge on any atom is -0.508 e. The smallest absolute Gasteiger partial charge is 0.244 e. The van der Waals surface area contributed by atoms with Crippen molar-refractivity contribution in [3.8, 4) is 5.75 Å². The lowest BCUT2D eigenvalue weighted by atomic mass is 10.1. The maximum atomic E-state index is 12.1. The van der Waals surface area contributed by atoms with Gasteiger partial charge in [-0.15, -0.1) is 0 Å². The molecular formula is C18H18N4O2. The molecule has 0 bridgehead atoms. The summed E-state index contributed by atoms with van der Waals surface area (Å²) in [6.45, 7) is 1.86. The molecule has 3 rings (SSSR count). The van der Waals surface area contributed by atoms with Crippen molar-refractivity contribution in [1.82, 2.24) is 15.5 Å². The number of aromatic amines is 1. The summed E-state index contributed by atoms with van der Waals surface area (Å²) >= 11 is 0. The molecule has 122 valence electrons. The number of hydrogen-bond acceptors (Lipinski definition) is 4. The lowest BCUT2D eigenvalue weighted by Crippen LogP contribution is -2.24. The van der Waals surface area contributed by atoms with Crippen LogP contribution in [0.3, 0.4) is 0 Å². The molecule has 0 saturated carbocycles. The van der Waals surface area contributed by atoms with E-state index in [4.69, 9.17) is 5.73 Å². The first-order chi connectivity index (χ1) is 11.5. The number of nitrogens with two attached hydrogens (primary N) is 1. The summed E-state index contributed by atoms with van der Waals surface area (Å²) in [5.41, 5.74) is 8.33. The second-order valence-corrected chi connectivity index (χ2v) is 5.57. The molecule has 0 saturated heterocycles. The number of aromatic hydroxyl groups is 1. The van der Waals surface area contributed by atoms with Gasteiger partial charge in [0.1, 0.15) is 5.75 Å². The highest BCUT2D eigenvalue weighted by molar-refractivity contribution is 5.94. The Hall–Kier alpha value is -3.28. The molecule has 2 aromatic carbocycles. The van der Waals surface area contributed by atoms with Crippen LogP contribution in [0.5, 0.6) is 5.75 Å². The number of nitrogens with zero attached hydrogens (tertiary/aromatic N) is 1. The Kier molecular flexibility index (Phi) is 4.20. The van der Waals surface area contributed by atoms with Gasteiger partial charge in [-0.2, -0.15) is 5.10 Å². The van der Waals surface area contributed by atoms with E-state index in [1.807, 2.05) is 31.2 Å². The van der Waals surface area contributed by atoms with Gasteiger partial charge in [0.2, 0.25) is 5.91 Å². The van der Waals surface area contributed by atoms with Crippen molar-refractivity contribution in [2.45, 2.75) is 13.0 Å². The van der Waals surface area contributed by atoms with E-state index in [2.05, 4.69) is 15.5 Å². The van der Waals surface area contributed by atoms with Gasteiger partial charge < -0.3 is 16.2 Å². The van der Waals surface area contributed by atoms with Gasteiger partial charge in [0.25, 0.3) is 0 Å². The van der Waals surface area contributed by atoms with Crippen LogP contribution in [0.2, 0.25) is 0 Å². The molecule has 0 aliphatic carbocycles. The SMILES string of the molecule is C[C@H](NC(=O)C=Cc1ccc2[nH]nc(N)c2c1)c1cccc(O)c1. The normalized spacial score (nSPS) is 12.5. The van der Waals surface area contributed by atoms with Crippen LogP contribution in [-0.2, 0) is 4.79 Å². The Bertz CT molecular complexity index is 914. The number of nitrogens with one attached hydrogen (secondary N) is 2. The largest absolute Gasteiger partial charge is 0.508 e. The minimum atomic E-state index is -0.217. The molecule has 0 aliphatic rings. The standard InChI is InChI=1S/C18H18N4O2/c1-11(13-3-2-4-14(23)10-13)20-17(24)8-6-12-5-7-16-15(9-12)18(19)22-21-16/h2-11,23H,1H3,(H,20,24)(H3,19,21,22)/t11-/m0/s1. The van der Waals surface area contributed by atoms with Crippen molar-refractivity contribution >= 4 is 28.7 Å².